The SMILES string of the molecule is Cc1ccc(-c2cc(C(=O)N3CCCC[C@@H]3C(=O)NCC3CC3)no2)cc1C. The van der Waals surface area contributed by atoms with Crippen LogP contribution in [-0.2, 0) is 4.79 Å². The minimum atomic E-state index is -0.415. The van der Waals surface area contributed by atoms with E-state index in [4.69, 9.17) is 4.52 Å². The van der Waals surface area contributed by atoms with Gasteiger partial charge in [-0.05, 0) is 69.1 Å². The number of rotatable bonds is 5. The molecule has 2 fully saturated rings. The van der Waals surface area contributed by atoms with Gasteiger partial charge in [0.05, 0.1) is 0 Å². The zero-order valence-electron chi connectivity index (χ0n) is 16.5. The second-order valence-electron chi connectivity index (χ2n) is 8.07. The van der Waals surface area contributed by atoms with Gasteiger partial charge in [0, 0.05) is 24.7 Å². The number of aryl methyl sites for hydroxylation is 2. The molecule has 2 aromatic rings. The highest BCUT2D eigenvalue weighted by Gasteiger charge is 2.34. The zero-order valence-corrected chi connectivity index (χ0v) is 16.5. The van der Waals surface area contributed by atoms with Crippen LogP contribution in [0.1, 0.15) is 53.7 Å². The topological polar surface area (TPSA) is 75.4 Å². The van der Waals surface area contributed by atoms with Crippen LogP contribution in [0.4, 0.5) is 0 Å². The molecule has 1 N–H and O–H groups in total. The largest absolute Gasteiger partial charge is 0.355 e. The number of carbonyl (C=O) groups is 2. The first-order chi connectivity index (χ1) is 13.5. The van der Waals surface area contributed by atoms with Gasteiger partial charge >= 0.3 is 0 Å². The molecule has 1 saturated carbocycles. The van der Waals surface area contributed by atoms with Crippen molar-refractivity contribution in [1.29, 1.82) is 0 Å². The monoisotopic (exact) mass is 381 g/mol. The molecule has 1 aliphatic carbocycles. The van der Waals surface area contributed by atoms with Crippen molar-refractivity contribution in [2.75, 3.05) is 13.1 Å². The normalized spacial score (nSPS) is 19.5. The third-order valence-electron chi connectivity index (χ3n) is 5.85. The van der Waals surface area contributed by atoms with Crippen molar-refractivity contribution in [3.05, 3.63) is 41.1 Å². The van der Waals surface area contributed by atoms with Crippen LogP contribution < -0.4 is 5.32 Å². The van der Waals surface area contributed by atoms with E-state index < -0.39 is 6.04 Å². The summed E-state index contributed by atoms with van der Waals surface area (Å²) in [6, 6.07) is 7.28. The molecular weight excluding hydrogens is 354 g/mol. The van der Waals surface area contributed by atoms with E-state index in [0.29, 0.717) is 24.6 Å². The number of nitrogens with zero attached hydrogens (tertiary/aromatic N) is 2. The number of likely N-dealkylation sites (tertiary alicyclic amines) is 1. The van der Waals surface area contributed by atoms with Crippen LogP contribution in [0.15, 0.2) is 28.8 Å². The molecule has 148 valence electrons. The van der Waals surface area contributed by atoms with E-state index in [1.54, 1.807) is 11.0 Å². The van der Waals surface area contributed by atoms with E-state index in [9.17, 15) is 9.59 Å². The molecule has 1 saturated heterocycles. The molecule has 4 rings (SSSR count). The van der Waals surface area contributed by atoms with Gasteiger partial charge in [0.2, 0.25) is 5.91 Å². The second-order valence-corrected chi connectivity index (χ2v) is 8.07. The van der Waals surface area contributed by atoms with E-state index in [-0.39, 0.29) is 17.5 Å². The van der Waals surface area contributed by atoms with Crippen LogP contribution >= 0.6 is 0 Å². The van der Waals surface area contributed by atoms with Gasteiger partial charge in [0.15, 0.2) is 11.5 Å². The molecule has 28 heavy (non-hydrogen) atoms. The maximum atomic E-state index is 13.1. The summed E-state index contributed by atoms with van der Waals surface area (Å²) in [6.07, 6.45) is 4.93. The van der Waals surface area contributed by atoms with Crippen LogP contribution in [-0.4, -0.2) is 41.0 Å². The van der Waals surface area contributed by atoms with E-state index >= 15 is 0 Å². The van der Waals surface area contributed by atoms with Crippen molar-refractivity contribution in [3.63, 3.8) is 0 Å². The molecule has 1 aromatic carbocycles. The van der Waals surface area contributed by atoms with E-state index in [1.807, 2.05) is 25.1 Å². The smallest absolute Gasteiger partial charge is 0.276 e. The molecule has 2 aliphatic rings. The summed E-state index contributed by atoms with van der Waals surface area (Å²) >= 11 is 0. The molecule has 0 spiro atoms. The predicted octanol–water partition coefficient (Wildman–Crippen LogP) is 3.48. The predicted molar refractivity (Wildman–Crippen MR) is 106 cm³/mol. The average molecular weight is 381 g/mol. The van der Waals surface area contributed by atoms with Gasteiger partial charge in [-0.1, -0.05) is 17.3 Å². The zero-order chi connectivity index (χ0) is 19.7. The lowest BCUT2D eigenvalue weighted by molar-refractivity contribution is -0.126. The van der Waals surface area contributed by atoms with Crippen LogP contribution in [0.3, 0.4) is 0 Å². The molecule has 0 bridgehead atoms. The van der Waals surface area contributed by atoms with Crippen molar-refractivity contribution in [1.82, 2.24) is 15.4 Å². The summed E-state index contributed by atoms with van der Waals surface area (Å²) in [5, 5.41) is 7.02. The highest BCUT2D eigenvalue weighted by molar-refractivity contribution is 5.96. The first-order valence-corrected chi connectivity index (χ1v) is 10.2. The number of carbonyl (C=O) groups excluding carboxylic acids is 2. The number of hydrogen-bond donors (Lipinski definition) is 1. The summed E-state index contributed by atoms with van der Waals surface area (Å²) in [5.74, 6) is 0.911. The quantitative estimate of drug-likeness (QED) is 0.860. The van der Waals surface area contributed by atoms with Crippen molar-refractivity contribution in [2.45, 2.75) is 52.0 Å². The Labute approximate surface area is 165 Å². The van der Waals surface area contributed by atoms with Gasteiger partial charge in [-0.15, -0.1) is 0 Å². The molecule has 6 nitrogen and oxygen atoms in total. The van der Waals surface area contributed by atoms with Gasteiger partial charge in [-0.3, -0.25) is 9.59 Å². The summed E-state index contributed by atoms with van der Waals surface area (Å²) in [7, 11) is 0. The summed E-state index contributed by atoms with van der Waals surface area (Å²) in [5.41, 5.74) is 3.51. The molecule has 1 aliphatic heterocycles. The lowest BCUT2D eigenvalue weighted by atomic mass is 10.0. The average Bonchev–Trinajstić information content (AvgIpc) is 3.41. The number of aromatic nitrogens is 1. The van der Waals surface area contributed by atoms with Crippen LogP contribution in [0.25, 0.3) is 11.3 Å². The Hall–Kier alpha value is -2.63. The molecule has 0 radical (unpaired) electrons. The van der Waals surface area contributed by atoms with Crippen molar-refractivity contribution in [3.8, 4) is 11.3 Å². The standard InChI is InChI=1S/C22H27N3O3/c1-14-6-9-17(11-15(14)2)20-12-18(24-28-20)22(27)25-10-4-3-5-19(25)21(26)23-13-16-7-8-16/h6,9,11-12,16,19H,3-5,7-8,10,13H2,1-2H3,(H,23,26)/t19-/m1/s1. The van der Waals surface area contributed by atoms with Crippen molar-refractivity contribution >= 4 is 11.8 Å². The maximum Gasteiger partial charge on any atom is 0.276 e. The summed E-state index contributed by atoms with van der Waals surface area (Å²) in [6.45, 7) is 5.39. The van der Waals surface area contributed by atoms with Gasteiger partial charge in [-0.25, -0.2) is 0 Å². The van der Waals surface area contributed by atoms with Crippen LogP contribution in [0.5, 0.6) is 0 Å². The fourth-order valence-corrected chi connectivity index (χ4v) is 3.69. The fraction of sp³-hybridized carbons (Fsp3) is 0.500. The van der Waals surface area contributed by atoms with E-state index in [0.717, 1.165) is 30.5 Å². The van der Waals surface area contributed by atoms with Gasteiger partial charge in [0.1, 0.15) is 6.04 Å². The number of benzene rings is 1. The minimum absolute atomic E-state index is 0.0437. The number of amides is 2. The van der Waals surface area contributed by atoms with E-state index in [1.165, 1.54) is 18.4 Å². The Morgan fingerprint density at radius 1 is 1.14 bits per heavy atom. The molecule has 1 atom stereocenters. The fourth-order valence-electron chi connectivity index (χ4n) is 3.69. The molecule has 1 aromatic heterocycles. The maximum absolute atomic E-state index is 13.1. The lowest BCUT2D eigenvalue weighted by Gasteiger charge is -2.34. The lowest BCUT2D eigenvalue weighted by Crippen LogP contribution is -2.52. The van der Waals surface area contributed by atoms with Crippen LogP contribution in [0.2, 0.25) is 0 Å². The van der Waals surface area contributed by atoms with Gasteiger partial charge < -0.3 is 14.7 Å². The first-order valence-electron chi connectivity index (χ1n) is 10.2. The molecular formula is C22H27N3O3. The highest BCUT2D eigenvalue weighted by Crippen LogP contribution is 2.28. The Kier molecular flexibility index (Phi) is 5.20. The highest BCUT2D eigenvalue weighted by atomic mass is 16.5. The molecule has 6 heteroatoms. The Morgan fingerprint density at radius 2 is 1.96 bits per heavy atom. The Morgan fingerprint density at radius 3 is 2.71 bits per heavy atom. The van der Waals surface area contributed by atoms with Gasteiger partial charge in [0.25, 0.3) is 5.91 Å². The minimum Gasteiger partial charge on any atom is -0.355 e. The molecule has 0 unspecified atom stereocenters. The van der Waals surface area contributed by atoms with E-state index in [2.05, 4.69) is 17.4 Å². The van der Waals surface area contributed by atoms with Gasteiger partial charge in [-0.2, -0.15) is 0 Å². The number of hydrogen-bond acceptors (Lipinski definition) is 4. The molecule has 2 amide bonds. The molecule has 2 heterocycles. The van der Waals surface area contributed by atoms with Crippen molar-refractivity contribution in [2.24, 2.45) is 5.92 Å². The first kappa shape index (κ1) is 18.7. The number of nitrogens with one attached hydrogen (secondary N) is 1. The summed E-state index contributed by atoms with van der Waals surface area (Å²) < 4.78 is 5.44. The third-order valence-corrected chi connectivity index (χ3v) is 5.85. The third kappa shape index (κ3) is 3.96. The summed E-state index contributed by atoms with van der Waals surface area (Å²) in [4.78, 5) is 27.3. The number of piperidine rings is 1. The second kappa shape index (κ2) is 7.78. The Balaban J connectivity index is 1.49. The van der Waals surface area contributed by atoms with Crippen molar-refractivity contribution < 1.29 is 14.1 Å². The van der Waals surface area contributed by atoms with Crippen LogP contribution in [0, 0.1) is 19.8 Å². The Bertz CT molecular complexity index is 885.